The zero-order valence-electron chi connectivity index (χ0n) is 13.5. The molecular weight excluding hydrogens is 318 g/mol. The van der Waals surface area contributed by atoms with Gasteiger partial charge in [0.05, 0.1) is 12.7 Å². The van der Waals surface area contributed by atoms with Crippen molar-refractivity contribution in [3.63, 3.8) is 0 Å². The molecule has 1 heterocycles. The molecule has 2 rings (SSSR count). The molecule has 0 radical (unpaired) electrons. The summed E-state index contributed by atoms with van der Waals surface area (Å²) < 4.78 is 5.56. The average molecular weight is 342 g/mol. The maximum Gasteiger partial charge on any atom is 0.244 e. The molecule has 2 amide bonds. The summed E-state index contributed by atoms with van der Waals surface area (Å²) in [5, 5.41) is 2.71. The van der Waals surface area contributed by atoms with Crippen molar-refractivity contribution < 1.29 is 14.3 Å². The van der Waals surface area contributed by atoms with Crippen LogP contribution in [0.5, 0.6) is 0 Å². The maximum atomic E-state index is 12.5. The number of nitrogens with zero attached hydrogens (tertiary/aromatic N) is 1. The highest BCUT2D eigenvalue weighted by molar-refractivity contribution is 5.85. The highest BCUT2D eigenvalue weighted by atomic mass is 35.5. The van der Waals surface area contributed by atoms with E-state index in [4.69, 9.17) is 10.5 Å². The summed E-state index contributed by atoms with van der Waals surface area (Å²) >= 11 is 0. The topological polar surface area (TPSA) is 84.7 Å². The molecule has 0 bridgehead atoms. The van der Waals surface area contributed by atoms with Crippen molar-refractivity contribution in [2.24, 2.45) is 5.73 Å². The summed E-state index contributed by atoms with van der Waals surface area (Å²) in [6.07, 6.45) is -0.188. The molecule has 1 aromatic rings. The van der Waals surface area contributed by atoms with Gasteiger partial charge in [-0.1, -0.05) is 29.8 Å². The van der Waals surface area contributed by atoms with Crippen molar-refractivity contribution in [3.8, 4) is 0 Å². The van der Waals surface area contributed by atoms with Crippen molar-refractivity contribution in [1.29, 1.82) is 0 Å². The van der Waals surface area contributed by atoms with Crippen LogP contribution < -0.4 is 11.1 Å². The van der Waals surface area contributed by atoms with E-state index in [1.165, 1.54) is 6.92 Å². The second-order valence-electron chi connectivity index (χ2n) is 5.60. The molecule has 0 saturated carbocycles. The van der Waals surface area contributed by atoms with E-state index in [0.717, 1.165) is 11.1 Å². The summed E-state index contributed by atoms with van der Waals surface area (Å²) in [7, 11) is 0. The van der Waals surface area contributed by atoms with Crippen molar-refractivity contribution in [1.82, 2.24) is 10.2 Å². The summed E-state index contributed by atoms with van der Waals surface area (Å²) in [5.41, 5.74) is 8.02. The average Bonchev–Trinajstić information content (AvgIpc) is 2.52. The number of carbonyl (C=O) groups is 2. The standard InChI is InChI=1S/C16H23N3O3.ClH/c1-11-3-5-13(6-4-11)15(17)16(21)19-7-8-22-14(10-19)9-18-12(2)20;/h3-6,14-15H,7-10,17H2,1-2H3,(H,18,20);1H. The number of carbonyl (C=O) groups excluding carboxylic acids is 2. The Bertz CT molecular complexity index is 536. The summed E-state index contributed by atoms with van der Waals surface area (Å²) in [5.74, 6) is -0.219. The number of halogens is 1. The molecule has 23 heavy (non-hydrogen) atoms. The fourth-order valence-corrected chi connectivity index (χ4v) is 2.41. The van der Waals surface area contributed by atoms with Gasteiger partial charge < -0.3 is 20.7 Å². The van der Waals surface area contributed by atoms with Gasteiger partial charge in [0.1, 0.15) is 6.04 Å². The van der Waals surface area contributed by atoms with Crippen LogP contribution in [-0.2, 0) is 14.3 Å². The Kier molecular flexibility index (Phi) is 7.48. The van der Waals surface area contributed by atoms with Crippen molar-refractivity contribution in [3.05, 3.63) is 35.4 Å². The molecule has 2 atom stereocenters. The van der Waals surface area contributed by atoms with Crippen LogP contribution in [-0.4, -0.2) is 49.1 Å². The minimum atomic E-state index is -0.667. The first kappa shape index (κ1) is 19.4. The SMILES string of the molecule is CC(=O)NCC1CN(C(=O)C(N)c2ccc(C)cc2)CCO1.Cl. The molecule has 128 valence electrons. The predicted octanol–water partition coefficient (Wildman–Crippen LogP) is 0.780. The lowest BCUT2D eigenvalue weighted by Crippen LogP contribution is -2.51. The smallest absolute Gasteiger partial charge is 0.244 e. The molecule has 0 aromatic heterocycles. The van der Waals surface area contributed by atoms with E-state index in [1.807, 2.05) is 31.2 Å². The van der Waals surface area contributed by atoms with Gasteiger partial charge in [0, 0.05) is 26.6 Å². The number of hydrogen-bond donors (Lipinski definition) is 2. The quantitative estimate of drug-likeness (QED) is 0.847. The third-order valence-electron chi connectivity index (χ3n) is 3.73. The van der Waals surface area contributed by atoms with Crippen LogP contribution in [0.15, 0.2) is 24.3 Å². The van der Waals surface area contributed by atoms with Crippen molar-refractivity contribution >= 4 is 24.2 Å². The van der Waals surface area contributed by atoms with Gasteiger partial charge in [-0.2, -0.15) is 0 Å². The summed E-state index contributed by atoms with van der Waals surface area (Å²) in [6.45, 7) is 5.27. The number of aryl methyl sites for hydroxylation is 1. The lowest BCUT2D eigenvalue weighted by atomic mass is 10.0. The monoisotopic (exact) mass is 341 g/mol. The molecule has 1 aromatic carbocycles. The second kappa shape index (κ2) is 8.86. The normalized spacial score (nSPS) is 18.7. The van der Waals surface area contributed by atoms with Gasteiger partial charge >= 0.3 is 0 Å². The van der Waals surface area contributed by atoms with Crippen LogP contribution in [0.4, 0.5) is 0 Å². The Morgan fingerprint density at radius 2 is 2.04 bits per heavy atom. The number of nitrogens with two attached hydrogens (primary N) is 1. The Hall–Kier alpha value is -1.63. The predicted molar refractivity (Wildman–Crippen MR) is 90.4 cm³/mol. The third kappa shape index (κ3) is 5.49. The molecule has 1 fully saturated rings. The fraction of sp³-hybridized carbons (Fsp3) is 0.500. The van der Waals surface area contributed by atoms with Gasteiger partial charge in [0.25, 0.3) is 0 Å². The molecule has 1 aliphatic rings. The lowest BCUT2D eigenvalue weighted by Gasteiger charge is -2.34. The molecule has 6 nitrogen and oxygen atoms in total. The van der Waals surface area contributed by atoms with Crippen LogP contribution in [0.25, 0.3) is 0 Å². The zero-order valence-corrected chi connectivity index (χ0v) is 14.3. The Balaban J connectivity index is 0.00000264. The molecule has 0 aliphatic carbocycles. The van der Waals surface area contributed by atoms with Crippen LogP contribution >= 0.6 is 12.4 Å². The van der Waals surface area contributed by atoms with Crippen molar-refractivity contribution in [2.45, 2.75) is 26.0 Å². The lowest BCUT2D eigenvalue weighted by molar-refractivity contribution is -0.140. The Morgan fingerprint density at radius 3 is 2.65 bits per heavy atom. The van der Waals surface area contributed by atoms with Gasteiger partial charge in [-0.25, -0.2) is 0 Å². The van der Waals surface area contributed by atoms with E-state index < -0.39 is 6.04 Å². The molecule has 1 aliphatic heterocycles. The summed E-state index contributed by atoms with van der Waals surface area (Å²) in [4.78, 5) is 25.2. The van der Waals surface area contributed by atoms with E-state index in [-0.39, 0.29) is 30.3 Å². The second-order valence-corrected chi connectivity index (χ2v) is 5.60. The molecule has 3 N–H and O–H groups in total. The fourth-order valence-electron chi connectivity index (χ4n) is 2.41. The highest BCUT2D eigenvalue weighted by Crippen LogP contribution is 2.16. The number of ether oxygens (including phenoxy) is 1. The zero-order chi connectivity index (χ0) is 16.1. The molecule has 0 spiro atoms. The first-order chi connectivity index (χ1) is 10.5. The van der Waals surface area contributed by atoms with E-state index in [9.17, 15) is 9.59 Å². The number of hydrogen-bond acceptors (Lipinski definition) is 4. The number of amides is 2. The van der Waals surface area contributed by atoms with Crippen molar-refractivity contribution in [2.75, 3.05) is 26.2 Å². The molecule has 2 unspecified atom stereocenters. The van der Waals surface area contributed by atoms with Crippen LogP contribution in [0.3, 0.4) is 0 Å². The van der Waals surface area contributed by atoms with Gasteiger partial charge in [-0.05, 0) is 12.5 Å². The number of nitrogens with one attached hydrogen (secondary N) is 1. The van der Waals surface area contributed by atoms with Gasteiger partial charge in [-0.3, -0.25) is 9.59 Å². The van der Waals surface area contributed by atoms with Crippen LogP contribution in [0.1, 0.15) is 24.1 Å². The molecular formula is C16H24ClN3O3. The molecule has 7 heteroatoms. The van der Waals surface area contributed by atoms with Gasteiger partial charge in [0.2, 0.25) is 11.8 Å². The Labute approximate surface area is 142 Å². The number of rotatable bonds is 4. The van der Waals surface area contributed by atoms with E-state index in [1.54, 1.807) is 4.90 Å². The first-order valence-corrected chi connectivity index (χ1v) is 7.44. The van der Waals surface area contributed by atoms with E-state index in [2.05, 4.69) is 5.32 Å². The largest absolute Gasteiger partial charge is 0.373 e. The van der Waals surface area contributed by atoms with E-state index >= 15 is 0 Å². The van der Waals surface area contributed by atoms with E-state index in [0.29, 0.717) is 26.2 Å². The third-order valence-corrected chi connectivity index (χ3v) is 3.73. The van der Waals surface area contributed by atoms with Crippen LogP contribution in [0, 0.1) is 6.92 Å². The first-order valence-electron chi connectivity index (χ1n) is 7.44. The number of benzene rings is 1. The molecule has 1 saturated heterocycles. The minimum Gasteiger partial charge on any atom is -0.373 e. The van der Waals surface area contributed by atoms with Gasteiger partial charge in [0.15, 0.2) is 0 Å². The summed E-state index contributed by atoms with van der Waals surface area (Å²) in [6, 6.07) is 6.99. The maximum absolute atomic E-state index is 12.5. The highest BCUT2D eigenvalue weighted by Gasteiger charge is 2.28. The minimum absolute atomic E-state index is 0. The number of morpholine rings is 1. The van der Waals surface area contributed by atoms with Crippen LogP contribution in [0.2, 0.25) is 0 Å². The van der Waals surface area contributed by atoms with Gasteiger partial charge in [-0.15, -0.1) is 12.4 Å². The Morgan fingerprint density at radius 1 is 1.39 bits per heavy atom.